The number of ether oxygens (including phenoxy) is 1. The van der Waals surface area contributed by atoms with E-state index in [2.05, 4.69) is 4.74 Å². The number of rotatable bonds is 6. The van der Waals surface area contributed by atoms with Crippen LogP contribution in [0.25, 0.3) is 0 Å². The first-order valence-electron chi connectivity index (χ1n) is 3.75. The number of hydrogen-bond donors (Lipinski definition) is 0. The second kappa shape index (κ2) is 5.57. The van der Waals surface area contributed by atoms with Crippen molar-refractivity contribution in [2.75, 3.05) is 12.5 Å². The van der Waals surface area contributed by atoms with E-state index in [0.717, 1.165) is 0 Å². The molecule has 0 aliphatic heterocycles. The van der Waals surface area contributed by atoms with Crippen LogP contribution in [0.2, 0.25) is 0 Å². The Bertz CT molecular complexity index is 315. The fraction of sp³-hybridized carbons (Fsp3) is 0.833. The van der Waals surface area contributed by atoms with Crippen molar-refractivity contribution in [3.05, 3.63) is 0 Å². The lowest BCUT2D eigenvalue weighted by Gasteiger charge is -2.19. The molecule has 0 radical (unpaired) electrons. The minimum absolute atomic E-state index is 0.144. The van der Waals surface area contributed by atoms with Gasteiger partial charge in [-0.3, -0.25) is 4.79 Å². The van der Waals surface area contributed by atoms with E-state index in [1.807, 2.05) is 0 Å². The molecule has 0 aromatic rings. The summed E-state index contributed by atoms with van der Waals surface area (Å²) in [5.74, 6) is -0.885. The van der Waals surface area contributed by atoms with Crippen LogP contribution in [0.5, 0.6) is 0 Å². The van der Waals surface area contributed by atoms with Crippen molar-refractivity contribution >= 4 is 27.7 Å². The SMILES string of the molecule is O=C(CCCCl)OCC(F)(F)S(=O)(=O)[O-]. The highest BCUT2D eigenvalue weighted by Crippen LogP contribution is 2.20. The van der Waals surface area contributed by atoms with Crippen LogP contribution in [0.15, 0.2) is 0 Å². The smallest absolute Gasteiger partial charge is 0.367 e. The van der Waals surface area contributed by atoms with Crippen molar-refractivity contribution in [2.45, 2.75) is 18.1 Å². The molecule has 0 rings (SSSR count). The van der Waals surface area contributed by atoms with E-state index in [1.165, 1.54) is 0 Å². The molecule has 15 heavy (non-hydrogen) atoms. The first-order valence-corrected chi connectivity index (χ1v) is 5.70. The lowest BCUT2D eigenvalue weighted by molar-refractivity contribution is -0.149. The number of halogens is 3. The standard InChI is InChI=1S/C6H9ClF2O5S/c7-3-1-2-5(10)14-4-6(8,9)15(11,12)13/h1-4H2,(H,11,12,13)/p-1. The summed E-state index contributed by atoms with van der Waals surface area (Å²) in [7, 11) is -5.81. The van der Waals surface area contributed by atoms with Gasteiger partial charge in [-0.15, -0.1) is 11.6 Å². The van der Waals surface area contributed by atoms with Crippen molar-refractivity contribution in [1.82, 2.24) is 0 Å². The Balaban J connectivity index is 4.11. The molecule has 0 saturated heterocycles. The first-order chi connectivity index (χ1) is 6.70. The summed E-state index contributed by atoms with van der Waals surface area (Å²) >= 11 is 5.21. The molecule has 0 saturated carbocycles. The molecule has 90 valence electrons. The van der Waals surface area contributed by atoms with Crippen LogP contribution in [-0.2, 0) is 19.6 Å². The summed E-state index contributed by atoms with van der Waals surface area (Å²) in [4.78, 5) is 10.7. The maximum atomic E-state index is 12.4. The minimum atomic E-state index is -5.81. The van der Waals surface area contributed by atoms with Crippen molar-refractivity contribution in [3.8, 4) is 0 Å². The molecule has 0 aliphatic rings. The molecular weight excluding hydrogens is 258 g/mol. The van der Waals surface area contributed by atoms with Gasteiger partial charge in [-0.2, -0.15) is 8.78 Å². The molecule has 0 amide bonds. The highest BCUT2D eigenvalue weighted by atomic mass is 35.5. The molecule has 9 heteroatoms. The fourth-order valence-corrected chi connectivity index (χ4v) is 0.857. The van der Waals surface area contributed by atoms with Crippen LogP contribution in [0.1, 0.15) is 12.8 Å². The van der Waals surface area contributed by atoms with Crippen LogP contribution in [0, 0.1) is 0 Å². The molecule has 0 unspecified atom stereocenters. The second-order valence-corrected chi connectivity index (χ2v) is 4.43. The minimum Gasteiger partial charge on any atom is -0.743 e. The lowest BCUT2D eigenvalue weighted by atomic mass is 10.3. The zero-order chi connectivity index (χ0) is 12.1. The van der Waals surface area contributed by atoms with Gasteiger partial charge in [0.1, 0.15) is 0 Å². The largest absolute Gasteiger partial charge is 0.743 e. The predicted octanol–water partition coefficient (Wildman–Crippen LogP) is 0.687. The summed E-state index contributed by atoms with van der Waals surface area (Å²) in [6, 6.07) is 0. The lowest BCUT2D eigenvalue weighted by Crippen LogP contribution is -2.34. The molecule has 0 N–H and O–H groups in total. The number of alkyl halides is 3. The zero-order valence-electron chi connectivity index (χ0n) is 7.41. The number of carbonyl (C=O) groups is 1. The maximum Gasteiger partial charge on any atom is 0.367 e. The maximum absolute atomic E-state index is 12.4. The van der Waals surface area contributed by atoms with Crippen LogP contribution in [-0.4, -0.2) is 36.7 Å². The monoisotopic (exact) mass is 265 g/mol. The van der Waals surface area contributed by atoms with E-state index < -0.39 is 27.9 Å². The third-order valence-corrected chi connectivity index (χ3v) is 2.40. The van der Waals surface area contributed by atoms with E-state index in [4.69, 9.17) is 11.6 Å². The van der Waals surface area contributed by atoms with Crippen LogP contribution < -0.4 is 0 Å². The molecule has 0 aromatic heterocycles. The van der Waals surface area contributed by atoms with Crippen LogP contribution in [0.4, 0.5) is 8.78 Å². The summed E-state index contributed by atoms with van der Waals surface area (Å²) in [5.41, 5.74) is 0. The third-order valence-electron chi connectivity index (χ3n) is 1.28. The molecule has 0 spiro atoms. The Labute approximate surface area is 90.1 Å². The van der Waals surface area contributed by atoms with Crippen molar-refractivity contribution in [3.63, 3.8) is 0 Å². The fourth-order valence-electron chi connectivity index (χ4n) is 0.520. The highest BCUT2D eigenvalue weighted by Gasteiger charge is 2.39. The predicted molar refractivity (Wildman–Crippen MR) is 45.6 cm³/mol. The summed E-state index contributed by atoms with van der Waals surface area (Å²) in [6.07, 6.45) is 0.00850. The molecule has 0 fully saturated rings. The van der Waals surface area contributed by atoms with E-state index in [9.17, 15) is 26.5 Å². The van der Waals surface area contributed by atoms with Gasteiger partial charge in [-0.05, 0) is 6.42 Å². The van der Waals surface area contributed by atoms with E-state index in [1.54, 1.807) is 0 Å². The Morgan fingerprint density at radius 3 is 2.40 bits per heavy atom. The van der Waals surface area contributed by atoms with E-state index in [0.29, 0.717) is 0 Å². The van der Waals surface area contributed by atoms with Gasteiger partial charge in [-0.1, -0.05) is 0 Å². The van der Waals surface area contributed by atoms with Gasteiger partial charge >= 0.3 is 11.2 Å². The molecule has 0 aliphatic carbocycles. The summed E-state index contributed by atoms with van der Waals surface area (Å²) < 4.78 is 58.6. The van der Waals surface area contributed by atoms with Crippen molar-refractivity contribution < 1.29 is 31.3 Å². The van der Waals surface area contributed by atoms with Crippen LogP contribution >= 0.6 is 11.6 Å². The first kappa shape index (κ1) is 14.5. The average Bonchev–Trinajstić information content (AvgIpc) is 2.09. The Kier molecular flexibility index (Phi) is 5.39. The Morgan fingerprint density at radius 2 is 2.00 bits per heavy atom. The van der Waals surface area contributed by atoms with Gasteiger partial charge in [0.15, 0.2) is 16.7 Å². The molecule has 0 bridgehead atoms. The molecule has 5 nitrogen and oxygen atoms in total. The molecule has 0 heterocycles. The topological polar surface area (TPSA) is 83.5 Å². The third kappa shape index (κ3) is 5.24. The normalized spacial score (nSPS) is 12.5. The van der Waals surface area contributed by atoms with Crippen molar-refractivity contribution in [2.24, 2.45) is 0 Å². The number of carbonyl (C=O) groups excluding carboxylic acids is 1. The summed E-state index contributed by atoms with van der Waals surface area (Å²) in [6.45, 7) is -1.76. The van der Waals surface area contributed by atoms with Crippen LogP contribution in [0.3, 0.4) is 0 Å². The number of esters is 1. The second-order valence-electron chi connectivity index (χ2n) is 2.54. The zero-order valence-corrected chi connectivity index (χ0v) is 8.98. The molecule has 0 aromatic carbocycles. The van der Waals surface area contributed by atoms with Gasteiger partial charge in [0.25, 0.3) is 0 Å². The molecular formula is C6H8ClF2O5S-. The van der Waals surface area contributed by atoms with E-state index in [-0.39, 0.29) is 18.7 Å². The average molecular weight is 266 g/mol. The quantitative estimate of drug-likeness (QED) is 0.401. The van der Waals surface area contributed by atoms with Gasteiger partial charge in [-0.25, -0.2) is 8.42 Å². The van der Waals surface area contributed by atoms with Gasteiger partial charge in [0, 0.05) is 12.3 Å². The van der Waals surface area contributed by atoms with E-state index >= 15 is 0 Å². The Hall–Kier alpha value is -0.470. The number of hydrogen-bond acceptors (Lipinski definition) is 5. The molecule has 0 atom stereocenters. The van der Waals surface area contributed by atoms with Gasteiger partial charge < -0.3 is 9.29 Å². The summed E-state index contributed by atoms with van der Waals surface area (Å²) in [5, 5.41) is -4.59. The van der Waals surface area contributed by atoms with Gasteiger partial charge in [0.05, 0.1) is 0 Å². The highest BCUT2D eigenvalue weighted by molar-refractivity contribution is 7.86. The van der Waals surface area contributed by atoms with Crippen molar-refractivity contribution in [1.29, 1.82) is 0 Å². The Morgan fingerprint density at radius 1 is 1.47 bits per heavy atom. The van der Waals surface area contributed by atoms with Gasteiger partial charge in [0.2, 0.25) is 0 Å².